The summed E-state index contributed by atoms with van der Waals surface area (Å²) in [7, 11) is 1.62. The van der Waals surface area contributed by atoms with Gasteiger partial charge in [-0.2, -0.15) is 0 Å². The van der Waals surface area contributed by atoms with Crippen molar-refractivity contribution >= 4 is 22.4 Å². The molecule has 0 radical (unpaired) electrons. The third-order valence-corrected chi connectivity index (χ3v) is 3.01. The monoisotopic (exact) mass is 278 g/mol. The van der Waals surface area contributed by atoms with Crippen LogP contribution in [0, 0.1) is 0 Å². The average molecular weight is 278 g/mol. The minimum Gasteiger partial charge on any atom is -0.491 e. The van der Waals surface area contributed by atoms with Crippen LogP contribution in [-0.4, -0.2) is 31.2 Å². The van der Waals surface area contributed by atoms with Crippen LogP contribution < -0.4 is 10.1 Å². The highest BCUT2D eigenvalue weighted by Gasteiger charge is 2.07. The van der Waals surface area contributed by atoms with Crippen molar-refractivity contribution in [3.63, 3.8) is 0 Å². The molecule has 1 aromatic heterocycles. The largest absolute Gasteiger partial charge is 0.491 e. The van der Waals surface area contributed by atoms with E-state index in [1.165, 1.54) is 11.3 Å². The molecular formula is C13H14N2O3S. The van der Waals surface area contributed by atoms with Gasteiger partial charge in [0.2, 0.25) is 0 Å². The number of anilines is 1. The zero-order chi connectivity index (χ0) is 13.5. The molecule has 6 heteroatoms. The van der Waals surface area contributed by atoms with Gasteiger partial charge in [0.05, 0.1) is 6.61 Å². The third kappa shape index (κ3) is 4.04. The minimum atomic E-state index is -0.182. The smallest absolute Gasteiger partial charge is 0.257 e. The summed E-state index contributed by atoms with van der Waals surface area (Å²) in [5.74, 6) is 0.529. The van der Waals surface area contributed by atoms with E-state index in [1.807, 2.05) is 5.38 Å². The van der Waals surface area contributed by atoms with Crippen LogP contribution in [0.25, 0.3) is 0 Å². The Hall–Kier alpha value is -1.92. The molecule has 1 N–H and O–H groups in total. The molecule has 0 spiro atoms. The number of carbonyl (C=O) groups excluding carboxylic acids is 1. The van der Waals surface area contributed by atoms with Crippen LogP contribution in [-0.2, 0) is 4.74 Å². The number of thiazole rings is 1. The lowest BCUT2D eigenvalue weighted by molar-refractivity contribution is 0.102. The van der Waals surface area contributed by atoms with Crippen LogP contribution in [0.1, 0.15) is 10.4 Å². The van der Waals surface area contributed by atoms with Gasteiger partial charge in [-0.25, -0.2) is 4.98 Å². The third-order valence-electron chi connectivity index (χ3n) is 2.33. The van der Waals surface area contributed by atoms with Gasteiger partial charge in [-0.1, -0.05) is 0 Å². The molecule has 0 atom stereocenters. The van der Waals surface area contributed by atoms with Crippen molar-refractivity contribution in [3.8, 4) is 5.75 Å². The summed E-state index contributed by atoms with van der Waals surface area (Å²) in [5, 5.41) is 5.11. The summed E-state index contributed by atoms with van der Waals surface area (Å²) in [6.45, 7) is 1.02. The Morgan fingerprint density at radius 2 is 2.11 bits per heavy atom. The summed E-state index contributed by atoms with van der Waals surface area (Å²) < 4.78 is 10.3. The maximum absolute atomic E-state index is 11.9. The lowest BCUT2D eigenvalue weighted by atomic mass is 10.2. The van der Waals surface area contributed by atoms with Crippen LogP contribution in [0.5, 0.6) is 5.75 Å². The van der Waals surface area contributed by atoms with Gasteiger partial charge >= 0.3 is 0 Å². The molecule has 5 nitrogen and oxygen atoms in total. The molecule has 0 aliphatic heterocycles. The summed E-state index contributed by atoms with van der Waals surface area (Å²) in [5.41, 5.74) is 0.564. The number of methoxy groups -OCH3 is 1. The average Bonchev–Trinajstić information content (AvgIpc) is 2.93. The van der Waals surface area contributed by atoms with Gasteiger partial charge < -0.3 is 9.47 Å². The van der Waals surface area contributed by atoms with Gasteiger partial charge in [-0.05, 0) is 24.3 Å². The Morgan fingerprint density at radius 3 is 2.74 bits per heavy atom. The highest BCUT2D eigenvalue weighted by Crippen LogP contribution is 2.15. The van der Waals surface area contributed by atoms with Crippen molar-refractivity contribution in [2.45, 2.75) is 0 Å². The Balaban J connectivity index is 1.92. The Bertz CT molecular complexity index is 511. The van der Waals surface area contributed by atoms with E-state index >= 15 is 0 Å². The Kier molecular flexibility index (Phi) is 4.88. The fourth-order valence-corrected chi connectivity index (χ4v) is 1.92. The number of ether oxygens (including phenoxy) is 2. The van der Waals surface area contributed by atoms with Gasteiger partial charge in [0.1, 0.15) is 12.4 Å². The summed E-state index contributed by atoms with van der Waals surface area (Å²) >= 11 is 1.38. The first-order chi connectivity index (χ1) is 9.29. The highest BCUT2D eigenvalue weighted by molar-refractivity contribution is 7.13. The number of benzene rings is 1. The number of nitrogens with one attached hydrogen (secondary N) is 1. The Morgan fingerprint density at radius 1 is 1.32 bits per heavy atom. The van der Waals surface area contributed by atoms with Crippen LogP contribution in [0.4, 0.5) is 5.13 Å². The molecule has 2 aromatic rings. The highest BCUT2D eigenvalue weighted by atomic mass is 32.1. The van der Waals surface area contributed by atoms with Crippen LogP contribution in [0.15, 0.2) is 35.8 Å². The first-order valence-corrected chi connectivity index (χ1v) is 6.60. The topological polar surface area (TPSA) is 60.5 Å². The molecule has 0 saturated heterocycles. The lowest BCUT2D eigenvalue weighted by Crippen LogP contribution is -2.11. The van der Waals surface area contributed by atoms with E-state index < -0.39 is 0 Å². The number of hydrogen-bond acceptors (Lipinski definition) is 5. The van der Waals surface area contributed by atoms with Gasteiger partial charge in [0.25, 0.3) is 5.91 Å². The van der Waals surface area contributed by atoms with E-state index in [0.717, 1.165) is 0 Å². The van der Waals surface area contributed by atoms with Gasteiger partial charge in [-0.3, -0.25) is 10.1 Å². The number of aromatic nitrogens is 1. The molecule has 0 aliphatic carbocycles. The van der Waals surface area contributed by atoms with Gasteiger partial charge in [-0.15, -0.1) is 11.3 Å². The van der Waals surface area contributed by atoms with E-state index in [0.29, 0.717) is 29.7 Å². The number of carbonyl (C=O) groups is 1. The van der Waals surface area contributed by atoms with Gasteiger partial charge in [0.15, 0.2) is 5.13 Å². The van der Waals surface area contributed by atoms with Crippen molar-refractivity contribution in [1.82, 2.24) is 4.98 Å². The zero-order valence-corrected chi connectivity index (χ0v) is 11.3. The second-order valence-electron chi connectivity index (χ2n) is 3.66. The number of hydrogen-bond donors (Lipinski definition) is 1. The van der Waals surface area contributed by atoms with Crippen molar-refractivity contribution in [3.05, 3.63) is 41.4 Å². The Labute approximate surface area is 115 Å². The fourth-order valence-electron chi connectivity index (χ4n) is 1.40. The fraction of sp³-hybridized carbons (Fsp3) is 0.231. The molecule has 100 valence electrons. The van der Waals surface area contributed by atoms with Crippen molar-refractivity contribution < 1.29 is 14.3 Å². The maximum Gasteiger partial charge on any atom is 0.257 e. The van der Waals surface area contributed by atoms with Crippen molar-refractivity contribution in [2.24, 2.45) is 0 Å². The normalized spacial score (nSPS) is 10.2. The number of rotatable bonds is 6. The van der Waals surface area contributed by atoms with Crippen molar-refractivity contribution in [1.29, 1.82) is 0 Å². The molecule has 0 bridgehead atoms. The molecule has 1 heterocycles. The molecule has 2 rings (SSSR count). The summed E-state index contributed by atoms with van der Waals surface area (Å²) in [4.78, 5) is 15.9. The molecule has 0 unspecified atom stereocenters. The van der Waals surface area contributed by atoms with Crippen LogP contribution in [0.3, 0.4) is 0 Å². The first kappa shape index (κ1) is 13.5. The van der Waals surface area contributed by atoms with Crippen molar-refractivity contribution in [2.75, 3.05) is 25.6 Å². The van der Waals surface area contributed by atoms with Crippen LogP contribution >= 0.6 is 11.3 Å². The predicted octanol–water partition coefficient (Wildman–Crippen LogP) is 2.42. The zero-order valence-electron chi connectivity index (χ0n) is 10.5. The maximum atomic E-state index is 11.9. The molecule has 0 fully saturated rings. The van der Waals surface area contributed by atoms with Gasteiger partial charge in [0, 0.05) is 24.3 Å². The first-order valence-electron chi connectivity index (χ1n) is 5.72. The quantitative estimate of drug-likeness (QED) is 0.824. The molecule has 19 heavy (non-hydrogen) atoms. The molecule has 1 amide bonds. The van der Waals surface area contributed by atoms with E-state index in [2.05, 4.69) is 10.3 Å². The SMILES string of the molecule is COCCOc1ccc(C(=O)Nc2nccs2)cc1. The van der Waals surface area contributed by atoms with E-state index in [4.69, 9.17) is 9.47 Å². The second kappa shape index (κ2) is 6.86. The minimum absolute atomic E-state index is 0.182. The lowest BCUT2D eigenvalue weighted by Gasteiger charge is -2.06. The summed E-state index contributed by atoms with van der Waals surface area (Å²) in [6, 6.07) is 6.94. The second-order valence-corrected chi connectivity index (χ2v) is 4.55. The molecule has 0 saturated carbocycles. The van der Waals surface area contributed by atoms with E-state index in [1.54, 1.807) is 37.6 Å². The molecular weight excluding hydrogens is 264 g/mol. The van der Waals surface area contributed by atoms with E-state index in [9.17, 15) is 4.79 Å². The summed E-state index contributed by atoms with van der Waals surface area (Å²) in [6.07, 6.45) is 1.65. The van der Waals surface area contributed by atoms with E-state index in [-0.39, 0.29) is 5.91 Å². The predicted molar refractivity (Wildman–Crippen MR) is 73.9 cm³/mol. The number of amides is 1. The molecule has 0 aliphatic rings. The van der Waals surface area contributed by atoms with Crippen LogP contribution in [0.2, 0.25) is 0 Å². The number of nitrogens with zero attached hydrogens (tertiary/aromatic N) is 1. The molecule has 1 aromatic carbocycles. The standard InChI is InChI=1S/C13H14N2O3S/c1-17-7-8-18-11-4-2-10(3-5-11)12(16)15-13-14-6-9-19-13/h2-6,9H,7-8H2,1H3,(H,14,15,16).